The van der Waals surface area contributed by atoms with Crippen LogP contribution in [-0.4, -0.2) is 11.2 Å². The van der Waals surface area contributed by atoms with E-state index in [-0.39, 0.29) is 0 Å². The molecule has 0 unspecified atom stereocenters. The van der Waals surface area contributed by atoms with Gasteiger partial charge in [0.1, 0.15) is 0 Å². The topological polar surface area (TPSA) is 46.2 Å². The lowest BCUT2D eigenvalue weighted by molar-refractivity contribution is 0.134. The largest absolute Gasteiger partial charge is 0.391 e. The average molecular weight is 283 g/mol. The van der Waals surface area contributed by atoms with E-state index in [1.54, 1.807) is 12.1 Å². The average Bonchev–Trinajstić information content (AvgIpc) is 2.24. The Morgan fingerprint density at radius 2 is 1.81 bits per heavy atom. The summed E-state index contributed by atoms with van der Waals surface area (Å²) in [5, 5.41) is 11.0. The summed E-state index contributed by atoms with van der Waals surface area (Å²) in [5.74, 6) is 0. The van der Waals surface area contributed by atoms with Crippen molar-refractivity contribution < 1.29 is 5.11 Å². The van der Waals surface area contributed by atoms with E-state index in [2.05, 4.69) is 0 Å². The monoisotopic (exact) mass is 281 g/mol. The summed E-state index contributed by atoms with van der Waals surface area (Å²) in [6, 6.07) is 2.62. The molecule has 2 nitrogen and oxygen atoms in total. The van der Waals surface area contributed by atoms with Crippen LogP contribution in [0.2, 0.25) is 15.1 Å². The van der Waals surface area contributed by atoms with Crippen LogP contribution >= 0.6 is 34.8 Å². The summed E-state index contributed by atoms with van der Waals surface area (Å²) in [7, 11) is 0. The zero-order valence-electron chi connectivity index (χ0n) is 8.88. The van der Waals surface area contributed by atoms with Gasteiger partial charge in [-0.05, 0) is 18.6 Å². The molecule has 0 bridgehead atoms. The predicted molar refractivity (Wildman–Crippen MR) is 69.3 cm³/mol. The molecule has 0 aliphatic rings. The van der Waals surface area contributed by atoms with Crippen LogP contribution in [0.25, 0.3) is 0 Å². The lowest BCUT2D eigenvalue weighted by Gasteiger charge is -2.21. The summed E-state index contributed by atoms with van der Waals surface area (Å²) in [5.41, 5.74) is 6.43. The van der Waals surface area contributed by atoms with Crippen LogP contribution in [0.5, 0.6) is 0 Å². The molecule has 2 atom stereocenters. The van der Waals surface area contributed by atoms with Gasteiger partial charge in [0.2, 0.25) is 0 Å². The second-order valence-electron chi connectivity index (χ2n) is 3.64. The van der Waals surface area contributed by atoms with Gasteiger partial charge in [-0.2, -0.15) is 0 Å². The first-order valence-electron chi connectivity index (χ1n) is 5.06. The lowest BCUT2D eigenvalue weighted by atomic mass is 9.99. The highest BCUT2D eigenvalue weighted by Gasteiger charge is 2.22. The molecule has 90 valence electrons. The van der Waals surface area contributed by atoms with Gasteiger partial charge >= 0.3 is 0 Å². The fraction of sp³-hybridized carbons (Fsp3) is 0.455. The Kier molecular flexibility index (Phi) is 5.35. The van der Waals surface area contributed by atoms with E-state index in [1.165, 1.54) is 0 Å². The first-order chi connectivity index (χ1) is 7.49. The molecule has 1 aromatic carbocycles. The van der Waals surface area contributed by atoms with E-state index in [0.717, 1.165) is 6.42 Å². The van der Waals surface area contributed by atoms with E-state index in [4.69, 9.17) is 40.5 Å². The fourth-order valence-electron chi connectivity index (χ4n) is 1.52. The molecule has 3 N–H and O–H groups in total. The molecular weight excluding hydrogens is 268 g/mol. The highest BCUT2D eigenvalue weighted by Crippen LogP contribution is 2.36. The molecule has 0 spiro atoms. The third-order valence-corrected chi connectivity index (χ3v) is 3.56. The van der Waals surface area contributed by atoms with Gasteiger partial charge in [-0.25, -0.2) is 0 Å². The number of hydrogen-bond donors (Lipinski definition) is 2. The third-order valence-electron chi connectivity index (χ3n) is 2.41. The van der Waals surface area contributed by atoms with Crippen LogP contribution in [0.3, 0.4) is 0 Å². The first-order valence-corrected chi connectivity index (χ1v) is 6.19. The maximum atomic E-state index is 9.83. The van der Waals surface area contributed by atoms with E-state index >= 15 is 0 Å². The number of aliphatic hydroxyl groups is 1. The van der Waals surface area contributed by atoms with Crippen molar-refractivity contribution in [2.24, 2.45) is 5.73 Å². The van der Waals surface area contributed by atoms with E-state index < -0.39 is 12.1 Å². The number of aliphatic hydroxyl groups excluding tert-OH is 1. The first kappa shape index (κ1) is 14.1. The Morgan fingerprint density at radius 1 is 1.25 bits per heavy atom. The van der Waals surface area contributed by atoms with Crippen molar-refractivity contribution >= 4 is 34.8 Å². The summed E-state index contributed by atoms with van der Waals surface area (Å²) >= 11 is 17.9. The highest BCUT2D eigenvalue weighted by atomic mass is 35.5. The Bertz CT molecular complexity index is 370. The molecule has 0 saturated carbocycles. The Balaban J connectivity index is 3.07. The van der Waals surface area contributed by atoms with Crippen LogP contribution in [0.1, 0.15) is 31.4 Å². The quantitative estimate of drug-likeness (QED) is 0.825. The molecule has 0 amide bonds. The van der Waals surface area contributed by atoms with Gasteiger partial charge in [0.15, 0.2) is 0 Å². The van der Waals surface area contributed by atoms with Gasteiger partial charge in [-0.1, -0.05) is 48.1 Å². The second-order valence-corrected chi connectivity index (χ2v) is 4.83. The van der Waals surface area contributed by atoms with Crippen LogP contribution in [0, 0.1) is 0 Å². The SMILES string of the molecule is CCC[C@H](O)[C@H](N)c1c(Cl)ccc(Cl)c1Cl. The molecule has 16 heavy (non-hydrogen) atoms. The molecule has 0 radical (unpaired) electrons. The lowest BCUT2D eigenvalue weighted by Crippen LogP contribution is -2.26. The van der Waals surface area contributed by atoms with Gasteiger partial charge in [-0.3, -0.25) is 0 Å². The highest BCUT2D eigenvalue weighted by molar-refractivity contribution is 6.44. The molecule has 0 saturated heterocycles. The fourth-order valence-corrected chi connectivity index (χ4v) is 2.30. The normalized spacial score (nSPS) is 14.9. The van der Waals surface area contributed by atoms with E-state index in [0.29, 0.717) is 27.1 Å². The van der Waals surface area contributed by atoms with E-state index in [1.807, 2.05) is 6.92 Å². The number of rotatable bonds is 4. The van der Waals surface area contributed by atoms with Gasteiger partial charge in [0.25, 0.3) is 0 Å². The van der Waals surface area contributed by atoms with Crippen molar-refractivity contribution in [3.63, 3.8) is 0 Å². The van der Waals surface area contributed by atoms with Crippen LogP contribution < -0.4 is 5.73 Å². The smallest absolute Gasteiger partial charge is 0.0733 e. The molecule has 5 heteroatoms. The standard InChI is InChI=1S/C11H14Cl3NO/c1-2-3-8(16)11(15)9-6(12)4-5-7(13)10(9)14/h4-5,8,11,16H,2-3,15H2,1H3/t8-,11-/m0/s1. The minimum atomic E-state index is -0.668. The van der Waals surface area contributed by atoms with Gasteiger partial charge in [0, 0.05) is 10.6 Å². The van der Waals surface area contributed by atoms with Crippen LogP contribution in [0.15, 0.2) is 12.1 Å². The van der Waals surface area contributed by atoms with Crippen molar-refractivity contribution in [3.05, 3.63) is 32.8 Å². The van der Waals surface area contributed by atoms with Crippen LogP contribution in [0.4, 0.5) is 0 Å². The van der Waals surface area contributed by atoms with Crippen molar-refractivity contribution in [1.29, 1.82) is 0 Å². The molecule has 0 aliphatic carbocycles. The van der Waals surface area contributed by atoms with Crippen molar-refractivity contribution in [3.8, 4) is 0 Å². The van der Waals surface area contributed by atoms with Gasteiger partial charge < -0.3 is 10.8 Å². The van der Waals surface area contributed by atoms with Crippen molar-refractivity contribution in [2.75, 3.05) is 0 Å². The zero-order chi connectivity index (χ0) is 12.3. The minimum Gasteiger partial charge on any atom is -0.391 e. The third kappa shape index (κ3) is 3.02. The maximum Gasteiger partial charge on any atom is 0.0733 e. The number of nitrogens with two attached hydrogens (primary N) is 1. The number of halogens is 3. The van der Waals surface area contributed by atoms with Gasteiger partial charge in [-0.15, -0.1) is 0 Å². The maximum absolute atomic E-state index is 9.83. The molecule has 0 heterocycles. The number of benzene rings is 1. The summed E-state index contributed by atoms with van der Waals surface area (Å²) in [6.07, 6.45) is 0.767. The predicted octanol–water partition coefficient (Wildman–Crippen LogP) is 3.81. The Labute approximate surface area is 110 Å². The summed E-state index contributed by atoms with van der Waals surface area (Å²) in [4.78, 5) is 0. The molecule has 0 fully saturated rings. The molecule has 1 aromatic rings. The Hall–Kier alpha value is 0.01000. The summed E-state index contributed by atoms with van der Waals surface area (Å²) in [6.45, 7) is 1.97. The minimum absolute atomic E-state index is 0.316. The second kappa shape index (κ2) is 6.08. The molecule has 0 aliphatic heterocycles. The Morgan fingerprint density at radius 3 is 2.38 bits per heavy atom. The number of hydrogen-bond acceptors (Lipinski definition) is 2. The van der Waals surface area contributed by atoms with Crippen molar-refractivity contribution in [2.45, 2.75) is 31.9 Å². The van der Waals surface area contributed by atoms with E-state index in [9.17, 15) is 5.11 Å². The van der Waals surface area contributed by atoms with Gasteiger partial charge in [0.05, 0.1) is 22.2 Å². The summed E-state index contributed by atoms with van der Waals surface area (Å²) < 4.78 is 0. The zero-order valence-corrected chi connectivity index (χ0v) is 11.1. The molecule has 0 aromatic heterocycles. The van der Waals surface area contributed by atoms with Crippen molar-refractivity contribution in [1.82, 2.24) is 0 Å². The molecule has 1 rings (SSSR count). The van der Waals surface area contributed by atoms with Crippen LogP contribution in [-0.2, 0) is 0 Å². The molecular formula is C11H14Cl3NO.